The maximum absolute atomic E-state index is 6.13. The molecule has 0 fully saturated rings. The van der Waals surface area contributed by atoms with E-state index in [1.54, 1.807) is 31.6 Å². The molecule has 1 aromatic carbocycles. The Morgan fingerprint density at radius 1 is 1.21 bits per heavy atom. The zero-order valence-corrected chi connectivity index (χ0v) is 11.8. The molecular weight excluding hydrogens is 285 g/mol. The second-order valence-electron chi connectivity index (χ2n) is 4.01. The minimum absolute atomic E-state index is 0.319. The molecule has 6 heteroatoms. The van der Waals surface area contributed by atoms with Gasteiger partial charge in [-0.3, -0.25) is 4.98 Å². The van der Waals surface area contributed by atoms with Gasteiger partial charge in [0.05, 0.1) is 23.2 Å². The molecule has 0 amide bonds. The van der Waals surface area contributed by atoms with Gasteiger partial charge in [0, 0.05) is 12.4 Å². The Morgan fingerprint density at radius 3 is 2.63 bits per heavy atom. The van der Waals surface area contributed by atoms with Crippen LogP contribution >= 0.6 is 23.2 Å². The lowest BCUT2D eigenvalue weighted by molar-refractivity contribution is 0.384. The third-order valence-electron chi connectivity index (χ3n) is 2.68. The van der Waals surface area contributed by atoms with Crippen LogP contribution in [0.25, 0.3) is 0 Å². The van der Waals surface area contributed by atoms with Gasteiger partial charge in [0.25, 0.3) is 0 Å². The lowest BCUT2D eigenvalue weighted by Crippen LogP contribution is -2.16. The highest BCUT2D eigenvalue weighted by Crippen LogP contribution is 2.26. The Morgan fingerprint density at radius 2 is 1.95 bits per heavy atom. The minimum atomic E-state index is -0.319. The quantitative estimate of drug-likeness (QED) is 0.942. The first-order chi connectivity index (χ1) is 9.11. The number of hydrogen-bond acceptors (Lipinski definition) is 4. The van der Waals surface area contributed by atoms with Gasteiger partial charge in [-0.2, -0.15) is 0 Å². The summed E-state index contributed by atoms with van der Waals surface area (Å²) in [6.45, 7) is 0. The smallest absolute Gasteiger partial charge is 0.236 e. The first-order valence-electron chi connectivity index (χ1n) is 5.66. The highest BCUT2D eigenvalue weighted by molar-refractivity contribution is 6.42. The minimum Gasteiger partial charge on any atom is -0.480 e. The fourth-order valence-corrected chi connectivity index (χ4v) is 2.09. The van der Waals surface area contributed by atoms with Crippen molar-refractivity contribution < 1.29 is 4.74 Å². The predicted octanol–water partition coefficient (Wildman–Crippen LogP) is 3.03. The number of nitrogens with zero attached hydrogens (tertiary/aromatic N) is 2. The van der Waals surface area contributed by atoms with Crippen LogP contribution in [0.5, 0.6) is 5.88 Å². The van der Waals surface area contributed by atoms with Crippen molar-refractivity contribution in [2.75, 3.05) is 7.11 Å². The summed E-state index contributed by atoms with van der Waals surface area (Å²) in [7, 11) is 1.54. The molecule has 0 bridgehead atoms. The van der Waals surface area contributed by atoms with E-state index in [-0.39, 0.29) is 6.04 Å². The van der Waals surface area contributed by atoms with Crippen LogP contribution in [0.15, 0.2) is 30.6 Å². The van der Waals surface area contributed by atoms with Crippen molar-refractivity contribution in [2.45, 2.75) is 12.5 Å². The number of benzene rings is 1. The summed E-state index contributed by atoms with van der Waals surface area (Å²) in [6, 6.07) is 5.12. The van der Waals surface area contributed by atoms with Gasteiger partial charge in [-0.1, -0.05) is 29.3 Å². The molecule has 2 N–H and O–H groups in total. The summed E-state index contributed by atoms with van der Waals surface area (Å²) in [5, 5.41) is 1.04. The second-order valence-corrected chi connectivity index (χ2v) is 4.82. The molecule has 0 radical (unpaired) electrons. The Labute approximate surface area is 121 Å². The molecule has 19 heavy (non-hydrogen) atoms. The SMILES string of the molecule is COc1nccnc1C(N)Cc1ccc(Cl)c(Cl)c1. The summed E-state index contributed by atoms with van der Waals surface area (Å²) in [5.41, 5.74) is 7.74. The van der Waals surface area contributed by atoms with Crippen LogP contribution in [0.4, 0.5) is 0 Å². The molecule has 2 rings (SSSR count). The molecule has 0 spiro atoms. The summed E-state index contributed by atoms with van der Waals surface area (Å²) < 4.78 is 5.15. The van der Waals surface area contributed by atoms with Gasteiger partial charge in [-0.25, -0.2) is 4.98 Å². The summed E-state index contributed by atoms with van der Waals surface area (Å²) in [5.74, 6) is 0.440. The van der Waals surface area contributed by atoms with Gasteiger partial charge in [-0.05, 0) is 24.1 Å². The van der Waals surface area contributed by atoms with E-state index < -0.39 is 0 Å². The van der Waals surface area contributed by atoms with Crippen molar-refractivity contribution in [2.24, 2.45) is 5.73 Å². The zero-order valence-electron chi connectivity index (χ0n) is 10.3. The fourth-order valence-electron chi connectivity index (χ4n) is 1.76. The van der Waals surface area contributed by atoms with Crippen LogP contribution in [0.1, 0.15) is 17.3 Å². The normalized spacial score (nSPS) is 12.2. The lowest BCUT2D eigenvalue weighted by atomic mass is 10.0. The molecule has 1 aromatic heterocycles. The first kappa shape index (κ1) is 14.1. The van der Waals surface area contributed by atoms with Crippen LogP contribution in [0, 0.1) is 0 Å². The molecule has 100 valence electrons. The molecule has 4 nitrogen and oxygen atoms in total. The Kier molecular flexibility index (Phi) is 4.58. The second kappa shape index (κ2) is 6.19. The van der Waals surface area contributed by atoms with E-state index in [2.05, 4.69) is 9.97 Å². The largest absolute Gasteiger partial charge is 0.480 e. The number of rotatable bonds is 4. The van der Waals surface area contributed by atoms with Gasteiger partial charge >= 0.3 is 0 Å². The molecule has 0 aliphatic carbocycles. The fraction of sp³-hybridized carbons (Fsp3) is 0.231. The average molecular weight is 298 g/mol. The number of halogens is 2. The maximum atomic E-state index is 6.13. The number of methoxy groups -OCH3 is 1. The first-order valence-corrected chi connectivity index (χ1v) is 6.42. The van der Waals surface area contributed by atoms with E-state index in [4.69, 9.17) is 33.7 Å². The van der Waals surface area contributed by atoms with Gasteiger partial charge in [0.2, 0.25) is 5.88 Å². The van der Waals surface area contributed by atoms with E-state index in [1.165, 1.54) is 0 Å². The van der Waals surface area contributed by atoms with Crippen LogP contribution < -0.4 is 10.5 Å². The van der Waals surface area contributed by atoms with E-state index in [9.17, 15) is 0 Å². The molecule has 0 saturated heterocycles. The molecule has 1 atom stereocenters. The van der Waals surface area contributed by atoms with E-state index >= 15 is 0 Å². The van der Waals surface area contributed by atoms with Crippen LogP contribution in [0.3, 0.4) is 0 Å². The summed E-state index contributed by atoms with van der Waals surface area (Å²) >= 11 is 11.9. The van der Waals surface area contributed by atoms with Crippen molar-refractivity contribution in [1.29, 1.82) is 0 Å². The van der Waals surface area contributed by atoms with Crippen molar-refractivity contribution in [3.8, 4) is 5.88 Å². The Balaban J connectivity index is 2.20. The third kappa shape index (κ3) is 3.35. The van der Waals surface area contributed by atoms with Gasteiger partial charge < -0.3 is 10.5 Å². The third-order valence-corrected chi connectivity index (χ3v) is 3.41. The predicted molar refractivity (Wildman–Crippen MR) is 75.7 cm³/mol. The van der Waals surface area contributed by atoms with Crippen molar-refractivity contribution >= 4 is 23.2 Å². The maximum Gasteiger partial charge on any atom is 0.236 e. The van der Waals surface area contributed by atoms with Crippen molar-refractivity contribution in [3.63, 3.8) is 0 Å². The molecule has 1 heterocycles. The van der Waals surface area contributed by atoms with Gasteiger partial charge in [0.15, 0.2) is 0 Å². The summed E-state index contributed by atoms with van der Waals surface area (Å²) in [6.07, 6.45) is 3.73. The topological polar surface area (TPSA) is 61.0 Å². The molecule has 0 aliphatic heterocycles. The van der Waals surface area contributed by atoms with Gasteiger partial charge in [0.1, 0.15) is 5.69 Å². The monoisotopic (exact) mass is 297 g/mol. The van der Waals surface area contributed by atoms with Crippen LogP contribution in [-0.2, 0) is 6.42 Å². The van der Waals surface area contributed by atoms with E-state index in [0.717, 1.165) is 5.56 Å². The van der Waals surface area contributed by atoms with Crippen LogP contribution in [0.2, 0.25) is 10.0 Å². The zero-order chi connectivity index (χ0) is 13.8. The molecule has 1 unspecified atom stereocenters. The summed E-state index contributed by atoms with van der Waals surface area (Å²) in [4.78, 5) is 8.29. The number of nitrogens with two attached hydrogens (primary N) is 1. The standard InChI is InChI=1S/C13H13Cl2N3O/c1-19-13-12(17-4-5-18-13)11(16)7-8-2-3-9(14)10(15)6-8/h2-6,11H,7,16H2,1H3. The average Bonchev–Trinajstić information content (AvgIpc) is 2.43. The van der Waals surface area contributed by atoms with Crippen molar-refractivity contribution in [3.05, 3.63) is 51.9 Å². The lowest BCUT2D eigenvalue weighted by Gasteiger charge is -2.13. The van der Waals surface area contributed by atoms with Crippen LogP contribution in [-0.4, -0.2) is 17.1 Å². The Bertz CT molecular complexity index is 578. The highest BCUT2D eigenvalue weighted by Gasteiger charge is 2.15. The molecule has 0 saturated carbocycles. The van der Waals surface area contributed by atoms with E-state index in [0.29, 0.717) is 28.0 Å². The molecule has 2 aromatic rings. The number of ether oxygens (including phenoxy) is 1. The number of hydrogen-bond donors (Lipinski definition) is 1. The van der Waals surface area contributed by atoms with Gasteiger partial charge in [-0.15, -0.1) is 0 Å². The highest BCUT2D eigenvalue weighted by atomic mass is 35.5. The molecular formula is C13H13Cl2N3O. The number of aromatic nitrogens is 2. The molecule has 0 aliphatic rings. The Hall–Kier alpha value is -1.36. The van der Waals surface area contributed by atoms with Crippen molar-refractivity contribution in [1.82, 2.24) is 9.97 Å². The van der Waals surface area contributed by atoms with E-state index in [1.807, 2.05) is 6.07 Å².